The van der Waals surface area contributed by atoms with E-state index in [2.05, 4.69) is 30.9 Å². The number of amides is 1. The van der Waals surface area contributed by atoms with E-state index in [4.69, 9.17) is 0 Å². The molecule has 160 valence electrons. The maximum Gasteiger partial charge on any atom is 0.264 e. The van der Waals surface area contributed by atoms with Crippen molar-refractivity contribution in [2.24, 2.45) is 7.05 Å². The average molecular weight is 440 g/mol. The minimum absolute atomic E-state index is 0.141. The van der Waals surface area contributed by atoms with Gasteiger partial charge < -0.3 is 5.32 Å². The molecule has 4 rings (SSSR count). The lowest BCUT2D eigenvalue weighted by Crippen LogP contribution is -2.29. The maximum absolute atomic E-state index is 12.8. The number of benzene rings is 1. The predicted octanol–water partition coefficient (Wildman–Crippen LogP) is 0.382. The van der Waals surface area contributed by atoms with Gasteiger partial charge in [-0.15, -0.1) is 5.10 Å². The van der Waals surface area contributed by atoms with Gasteiger partial charge in [-0.1, -0.05) is 41.6 Å². The minimum Gasteiger partial charge on any atom is -0.354 e. The van der Waals surface area contributed by atoms with Gasteiger partial charge in [0.1, 0.15) is 11.7 Å². The zero-order valence-corrected chi connectivity index (χ0v) is 17.9. The molecule has 0 aliphatic carbocycles. The smallest absolute Gasteiger partial charge is 0.264 e. The molecule has 0 aliphatic rings. The maximum atomic E-state index is 12.8. The highest BCUT2D eigenvalue weighted by atomic mass is 32.2. The monoisotopic (exact) mass is 439 g/mol. The highest BCUT2D eigenvalue weighted by Crippen LogP contribution is 2.11. The molecule has 1 aromatic carbocycles. The van der Waals surface area contributed by atoms with Crippen LogP contribution in [0.3, 0.4) is 0 Å². The molecule has 0 saturated carbocycles. The molecule has 0 saturated heterocycles. The number of rotatable bonds is 8. The van der Waals surface area contributed by atoms with E-state index >= 15 is 0 Å². The van der Waals surface area contributed by atoms with Crippen molar-refractivity contribution in [1.82, 2.24) is 44.9 Å². The summed E-state index contributed by atoms with van der Waals surface area (Å²) in [6.45, 7) is 3.23. The molecule has 0 fully saturated rings. The standard InChI is InChI=1S/C19H21N9O2S/c1-13-4-3-5-14(8-13)10-27-12-21-17-15(18(27)30)9-22-28(17)7-6-20-16(29)11-31-19-23-24-25-26(19)2/h3-5,8-9,12H,6-7,10-11H2,1-2H3,(H,20,29). The Morgan fingerprint density at radius 1 is 1.29 bits per heavy atom. The van der Waals surface area contributed by atoms with Crippen molar-refractivity contribution < 1.29 is 4.79 Å². The number of aryl methyl sites for hydroxylation is 2. The zero-order chi connectivity index (χ0) is 21.8. The number of nitrogens with one attached hydrogen (secondary N) is 1. The fourth-order valence-corrected chi connectivity index (χ4v) is 3.79. The molecular formula is C19H21N9O2S. The van der Waals surface area contributed by atoms with Gasteiger partial charge in [0.25, 0.3) is 5.56 Å². The SMILES string of the molecule is Cc1cccc(Cn2cnc3c(cnn3CCNC(=O)CSc3nnnn3C)c2=O)c1. The van der Waals surface area contributed by atoms with E-state index in [0.717, 1.165) is 11.1 Å². The summed E-state index contributed by atoms with van der Waals surface area (Å²) in [6, 6.07) is 8.01. The Labute approximate surface area is 181 Å². The predicted molar refractivity (Wildman–Crippen MR) is 115 cm³/mol. The topological polar surface area (TPSA) is 125 Å². The summed E-state index contributed by atoms with van der Waals surface area (Å²) in [5.41, 5.74) is 2.53. The number of carbonyl (C=O) groups is 1. The second-order valence-corrected chi connectivity index (χ2v) is 7.94. The zero-order valence-electron chi connectivity index (χ0n) is 17.1. The summed E-state index contributed by atoms with van der Waals surface area (Å²) in [5.74, 6) is 0.0635. The quantitative estimate of drug-likeness (QED) is 0.391. The summed E-state index contributed by atoms with van der Waals surface area (Å²) in [7, 11) is 1.71. The average Bonchev–Trinajstić information content (AvgIpc) is 3.35. The van der Waals surface area contributed by atoms with E-state index in [-0.39, 0.29) is 17.2 Å². The number of hydrogen-bond donors (Lipinski definition) is 1. The van der Waals surface area contributed by atoms with E-state index in [9.17, 15) is 9.59 Å². The Morgan fingerprint density at radius 2 is 2.16 bits per heavy atom. The molecule has 0 bridgehead atoms. The Hall–Kier alpha value is -3.54. The van der Waals surface area contributed by atoms with Gasteiger partial charge in [0.05, 0.1) is 25.0 Å². The largest absolute Gasteiger partial charge is 0.354 e. The molecule has 1 amide bonds. The minimum atomic E-state index is -0.143. The van der Waals surface area contributed by atoms with Crippen molar-refractivity contribution in [3.05, 3.63) is 58.3 Å². The third-order valence-electron chi connectivity index (χ3n) is 4.62. The first-order chi connectivity index (χ1) is 15.0. The summed E-state index contributed by atoms with van der Waals surface area (Å²) in [6.07, 6.45) is 3.06. The fourth-order valence-electron chi connectivity index (χ4n) is 3.11. The van der Waals surface area contributed by atoms with Gasteiger partial charge in [0, 0.05) is 13.6 Å². The van der Waals surface area contributed by atoms with Gasteiger partial charge in [-0.25, -0.2) is 14.3 Å². The summed E-state index contributed by atoms with van der Waals surface area (Å²) in [5, 5.41) is 19.2. The third kappa shape index (κ3) is 4.79. The second-order valence-electron chi connectivity index (χ2n) is 7.00. The van der Waals surface area contributed by atoms with Crippen molar-refractivity contribution in [2.75, 3.05) is 12.3 Å². The summed E-state index contributed by atoms with van der Waals surface area (Å²) in [4.78, 5) is 29.3. The van der Waals surface area contributed by atoms with Crippen LogP contribution in [-0.2, 0) is 24.9 Å². The lowest BCUT2D eigenvalue weighted by molar-refractivity contribution is -0.118. The highest BCUT2D eigenvalue weighted by Gasteiger charge is 2.12. The Bertz CT molecular complexity index is 1280. The summed E-state index contributed by atoms with van der Waals surface area (Å²) >= 11 is 1.25. The van der Waals surface area contributed by atoms with E-state index in [1.165, 1.54) is 29.0 Å². The molecule has 0 spiro atoms. The van der Waals surface area contributed by atoms with Crippen molar-refractivity contribution in [1.29, 1.82) is 0 Å². The first kappa shape index (κ1) is 20.7. The first-order valence-corrected chi connectivity index (χ1v) is 10.6. The molecule has 3 aromatic heterocycles. The fraction of sp³-hybridized carbons (Fsp3) is 0.316. The highest BCUT2D eigenvalue weighted by molar-refractivity contribution is 7.99. The molecule has 31 heavy (non-hydrogen) atoms. The molecule has 0 atom stereocenters. The van der Waals surface area contributed by atoms with Gasteiger partial charge in [-0.05, 0) is 22.9 Å². The van der Waals surface area contributed by atoms with Crippen LogP contribution in [0, 0.1) is 6.92 Å². The van der Waals surface area contributed by atoms with E-state index in [1.54, 1.807) is 16.3 Å². The van der Waals surface area contributed by atoms with E-state index in [0.29, 0.717) is 35.8 Å². The van der Waals surface area contributed by atoms with Crippen molar-refractivity contribution in [2.45, 2.75) is 25.2 Å². The molecule has 1 N–H and O–H groups in total. The van der Waals surface area contributed by atoms with Crippen LogP contribution < -0.4 is 10.9 Å². The van der Waals surface area contributed by atoms with Crippen LogP contribution in [0.1, 0.15) is 11.1 Å². The summed E-state index contributed by atoms with van der Waals surface area (Å²) < 4.78 is 4.70. The van der Waals surface area contributed by atoms with Crippen molar-refractivity contribution in [3.63, 3.8) is 0 Å². The van der Waals surface area contributed by atoms with Crippen molar-refractivity contribution in [3.8, 4) is 0 Å². The number of carbonyl (C=O) groups excluding carboxylic acids is 1. The van der Waals surface area contributed by atoms with Gasteiger partial charge in [0.15, 0.2) is 5.65 Å². The number of aromatic nitrogens is 8. The number of thioether (sulfide) groups is 1. The lowest BCUT2D eigenvalue weighted by Gasteiger charge is -2.08. The second kappa shape index (κ2) is 9.08. The van der Waals surface area contributed by atoms with Crippen LogP contribution >= 0.6 is 11.8 Å². The van der Waals surface area contributed by atoms with Crippen LogP contribution in [-0.4, -0.2) is 57.7 Å². The van der Waals surface area contributed by atoms with Crippen molar-refractivity contribution >= 4 is 28.7 Å². The molecule has 12 heteroatoms. The number of fused-ring (bicyclic) bond motifs is 1. The van der Waals surface area contributed by atoms with E-state index in [1.807, 2.05) is 31.2 Å². The molecule has 3 heterocycles. The first-order valence-electron chi connectivity index (χ1n) is 9.59. The number of nitrogens with zero attached hydrogens (tertiary/aromatic N) is 8. The molecule has 4 aromatic rings. The Morgan fingerprint density at radius 3 is 2.94 bits per heavy atom. The number of hydrogen-bond acceptors (Lipinski definition) is 8. The Kier molecular flexibility index (Phi) is 6.07. The van der Waals surface area contributed by atoms with Crippen LogP contribution in [0.25, 0.3) is 11.0 Å². The molecule has 0 radical (unpaired) electrons. The Balaban J connectivity index is 1.36. The van der Waals surface area contributed by atoms with Gasteiger partial charge in [-0.2, -0.15) is 5.10 Å². The van der Waals surface area contributed by atoms with Crippen LogP contribution in [0.4, 0.5) is 0 Å². The normalized spacial score (nSPS) is 11.2. The van der Waals surface area contributed by atoms with Crippen LogP contribution in [0.15, 0.2) is 46.7 Å². The molecule has 0 unspecified atom stereocenters. The molecular weight excluding hydrogens is 418 g/mol. The van der Waals surface area contributed by atoms with Crippen LogP contribution in [0.2, 0.25) is 0 Å². The number of tetrazole rings is 1. The van der Waals surface area contributed by atoms with Gasteiger partial charge >= 0.3 is 0 Å². The third-order valence-corrected chi connectivity index (χ3v) is 5.63. The lowest BCUT2D eigenvalue weighted by atomic mass is 10.1. The molecule has 0 aliphatic heterocycles. The van der Waals surface area contributed by atoms with E-state index < -0.39 is 0 Å². The van der Waals surface area contributed by atoms with Crippen LogP contribution in [0.5, 0.6) is 0 Å². The van der Waals surface area contributed by atoms with Gasteiger partial charge in [0.2, 0.25) is 11.1 Å². The molecule has 11 nitrogen and oxygen atoms in total. The van der Waals surface area contributed by atoms with Gasteiger partial charge in [-0.3, -0.25) is 14.2 Å².